The molecule has 12 heavy (non-hydrogen) atoms. The summed E-state index contributed by atoms with van der Waals surface area (Å²) in [6, 6.07) is 3.65. The highest BCUT2D eigenvalue weighted by molar-refractivity contribution is 5.21. The van der Waals surface area contributed by atoms with E-state index >= 15 is 0 Å². The first kappa shape index (κ1) is 9.13. The third-order valence-corrected chi connectivity index (χ3v) is 1.79. The second kappa shape index (κ2) is 3.63. The Hall–Kier alpha value is -0.960. The van der Waals surface area contributed by atoms with E-state index in [0.717, 1.165) is 12.1 Å². The molecule has 1 aromatic rings. The van der Waals surface area contributed by atoms with E-state index in [9.17, 15) is 8.78 Å². The molecule has 3 heteroatoms. The van der Waals surface area contributed by atoms with Gasteiger partial charge in [0.15, 0.2) is 11.6 Å². The first-order valence-corrected chi connectivity index (χ1v) is 3.71. The van der Waals surface area contributed by atoms with Crippen LogP contribution in [-0.2, 0) is 0 Å². The highest BCUT2D eigenvalue weighted by Gasteiger charge is 2.07. The molecule has 0 amide bonds. The van der Waals surface area contributed by atoms with Crippen molar-refractivity contribution in [3.05, 3.63) is 35.4 Å². The maximum absolute atomic E-state index is 12.6. The Balaban J connectivity index is 2.96. The highest BCUT2D eigenvalue weighted by atomic mass is 19.2. The first-order chi connectivity index (χ1) is 5.65. The number of hydrogen-bond donors (Lipinski definition) is 1. The molecule has 0 spiro atoms. The van der Waals surface area contributed by atoms with Crippen LogP contribution >= 0.6 is 0 Å². The van der Waals surface area contributed by atoms with Crippen molar-refractivity contribution in [3.63, 3.8) is 0 Å². The van der Waals surface area contributed by atoms with Crippen molar-refractivity contribution in [3.8, 4) is 0 Å². The van der Waals surface area contributed by atoms with Gasteiger partial charge in [0.25, 0.3) is 0 Å². The Labute approximate surface area is 69.7 Å². The summed E-state index contributed by atoms with van der Waals surface area (Å²) >= 11 is 0. The van der Waals surface area contributed by atoms with Gasteiger partial charge in [0.05, 0.1) is 0 Å². The fraction of sp³-hybridized carbons (Fsp3) is 0.333. The number of rotatable bonds is 2. The van der Waals surface area contributed by atoms with Gasteiger partial charge < -0.3 is 5.11 Å². The lowest BCUT2D eigenvalue weighted by atomic mass is 10.0. The first-order valence-electron chi connectivity index (χ1n) is 3.71. The molecule has 1 N–H and O–H groups in total. The fourth-order valence-electron chi connectivity index (χ4n) is 0.924. The molecule has 66 valence electrons. The molecule has 0 fully saturated rings. The monoisotopic (exact) mass is 172 g/mol. The Morgan fingerprint density at radius 2 is 2.00 bits per heavy atom. The van der Waals surface area contributed by atoms with Crippen molar-refractivity contribution >= 4 is 0 Å². The molecule has 1 unspecified atom stereocenters. The van der Waals surface area contributed by atoms with E-state index in [2.05, 4.69) is 0 Å². The highest BCUT2D eigenvalue weighted by Crippen LogP contribution is 2.16. The maximum atomic E-state index is 12.6. The Morgan fingerprint density at radius 1 is 1.33 bits per heavy atom. The number of halogens is 2. The van der Waals surface area contributed by atoms with Gasteiger partial charge in [-0.15, -0.1) is 0 Å². The molecule has 0 bridgehead atoms. The summed E-state index contributed by atoms with van der Waals surface area (Å²) in [5, 5.41) is 8.73. The van der Waals surface area contributed by atoms with E-state index in [1.807, 2.05) is 0 Å². The van der Waals surface area contributed by atoms with Crippen molar-refractivity contribution in [1.29, 1.82) is 0 Å². The van der Waals surface area contributed by atoms with Crippen LogP contribution < -0.4 is 0 Å². The molecule has 0 aliphatic rings. The minimum Gasteiger partial charge on any atom is -0.396 e. The van der Waals surface area contributed by atoms with Crippen LogP contribution in [-0.4, -0.2) is 11.7 Å². The van der Waals surface area contributed by atoms with E-state index < -0.39 is 11.6 Å². The topological polar surface area (TPSA) is 20.2 Å². The quantitative estimate of drug-likeness (QED) is 0.723. The largest absolute Gasteiger partial charge is 0.396 e. The van der Waals surface area contributed by atoms with Gasteiger partial charge in [-0.1, -0.05) is 13.0 Å². The maximum Gasteiger partial charge on any atom is 0.159 e. The summed E-state index contributed by atoms with van der Waals surface area (Å²) < 4.78 is 25.0. The standard InChI is InChI=1S/C9H10F2O/c1-6(5-12)7-2-3-8(10)9(11)4-7/h2-4,6,12H,5H2,1H3. The number of aliphatic hydroxyl groups is 1. The smallest absolute Gasteiger partial charge is 0.159 e. The molecule has 1 atom stereocenters. The Bertz CT molecular complexity index is 273. The van der Waals surface area contributed by atoms with E-state index in [1.165, 1.54) is 6.07 Å². The molecule has 0 aliphatic carbocycles. The molecule has 1 aromatic carbocycles. The van der Waals surface area contributed by atoms with E-state index in [0.29, 0.717) is 5.56 Å². The second-order valence-electron chi connectivity index (χ2n) is 2.76. The van der Waals surface area contributed by atoms with Gasteiger partial charge in [-0.2, -0.15) is 0 Å². The zero-order valence-electron chi connectivity index (χ0n) is 6.72. The molecule has 0 aromatic heterocycles. The van der Waals surface area contributed by atoms with Crippen molar-refractivity contribution in [1.82, 2.24) is 0 Å². The third-order valence-electron chi connectivity index (χ3n) is 1.79. The van der Waals surface area contributed by atoms with Gasteiger partial charge in [-0.05, 0) is 17.7 Å². The lowest BCUT2D eigenvalue weighted by molar-refractivity contribution is 0.272. The minimum atomic E-state index is -0.868. The number of benzene rings is 1. The summed E-state index contributed by atoms with van der Waals surface area (Å²) in [5.41, 5.74) is 0.608. The third kappa shape index (κ3) is 1.80. The van der Waals surface area contributed by atoms with Crippen LogP contribution in [0.15, 0.2) is 18.2 Å². The van der Waals surface area contributed by atoms with Crippen LogP contribution in [0.3, 0.4) is 0 Å². The summed E-state index contributed by atoms with van der Waals surface area (Å²) in [6.45, 7) is 1.68. The second-order valence-corrected chi connectivity index (χ2v) is 2.76. The van der Waals surface area contributed by atoms with Crippen molar-refractivity contribution < 1.29 is 13.9 Å². The number of hydrogen-bond acceptors (Lipinski definition) is 1. The van der Waals surface area contributed by atoms with Crippen molar-refractivity contribution in [2.75, 3.05) is 6.61 Å². The molecular weight excluding hydrogens is 162 g/mol. The van der Waals surface area contributed by atoms with Crippen LogP contribution in [0, 0.1) is 11.6 Å². The van der Waals surface area contributed by atoms with Crippen molar-refractivity contribution in [2.45, 2.75) is 12.8 Å². The number of aliphatic hydroxyl groups excluding tert-OH is 1. The van der Waals surface area contributed by atoms with Crippen LogP contribution in [0.25, 0.3) is 0 Å². The van der Waals surface area contributed by atoms with Crippen LogP contribution in [0.2, 0.25) is 0 Å². The van der Waals surface area contributed by atoms with Crippen LogP contribution in [0.4, 0.5) is 8.78 Å². The van der Waals surface area contributed by atoms with Gasteiger partial charge in [0.2, 0.25) is 0 Å². The van der Waals surface area contributed by atoms with Crippen LogP contribution in [0.1, 0.15) is 18.4 Å². The summed E-state index contributed by atoms with van der Waals surface area (Å²) in [4.78, 5) is 0. The van der Waals surface area contributed by atoms with Crippen molar-refractivity contribution in [2.24, 2.45) is 0 Å². The summed E-state index contributed by atoms with van der Waals surface area (Å²) in [5.74, 6) is -1.88. The Kier molecular flexibility index (Phi) is 2.76. The molecule has 0 heterocycles. The molecule has 0 aliphatic heterocycles. The lowest BCUT2D eigenvalue weighted by Crippen LogP contribution is -1.99. The zero-order chi connectivity index (χ0) is 9.14. The van der Waals surface area contributed by atoms with Gasteiger partial charge in [0, 0.05) is 12.5 Å². The molecule has 0 saturated carbocycles. The molecular formula is C9H10F2O. The summed E-state index contributed by atoms with van der Waals surface area (Å²) in [6.07, 6.45) is 0. The van der Waals surface area contributed by atoms with Gasteiger partial charge in [-0.3, -0.25) is 0 Å². The summed E-state index contributed by atoms with van der Waals surface area (Å²) in [7, 11) is 0. The molecule has 1 rings (SSSR count). The average Bonchev–Trinajstić information content (AvgIpc) is 2.08. The van der Waals surface area contributed by atoms with Crippen LogP contribution in [0.5, 0.6) is 0 Å². The fourth-order valence-corrected chi connectivity index (χ4v) is 0.924. The predicted molar refractivity (Wildman–Crippen MR) is 41.9 cm³/mol. The molecule has 1 nitrogen and oxygen atoms in total. The minimum absolute atomic E-state index is 0.0644. The molecule has 0 saturated heterocycles. The SMILES string of the molecule is CC(CO)c1ccc(F)c(F)c1. The van der Waals surface area contributed by atoms with Gasteiger partial charge >= 0.3 is 0 Å². The van der Waals surface area contributed by atoms with E-state index in [4.69, 9.17) is 5.11 Å². The van der Waals surface area contributed by atoms with E-state index in [-0.39, 0.29) is 12.5 Å². The molecule has 0 radical (unpaired) electrons. The van der Waals surface area contributed by atoms with Gasteiger partial charge in [-0.25, -0.2) is 8.78 Å². The average molecular weight is 172 g/mol. The van der Waals surface area contributed by atoms with Gasteiger partial charge in [0.1, 0.15) is 0 Å². The predicted octanol–water partition coefficient (Wildman–Crippen LogP) is 2.06. The lowest BCUT2D eigenvalue weighted by Gasteiger charge is -2.07. The normalized spacial score (nSPS) is 13.0. The zero-order valence-corrected chi connectivity index (χ0v) is 6.72. The Morgan fingerprint density at radius 3 is 2.50 bits per heavy atom. The van der Waals surface area contributed by atoms with E-state index in [1.54, 1.807) is 6.92 Å².